The van der Waals surface area contributed by atoms with Gasteiger partial charge in [0.25, 0.3) is 0 Å². The average molecular weight is 353 g/mol. The zero-order valence-electron chi connectivity index (χ0n) is 14.9. The monoisotopic (exact) mass is 353 g/mol. The third-order valence-corrected chi connectivity index (χ3v) is 5.11. The molecule has 4 rings (SSSR count). The smallest absolute Gasteiger partial charge is 0.410 e. The molecule has 3 heterocycles. The van der Waals surface area contributed by atoms with Crippen molar-refractivity contribution in [3.63, 3.8) is 0 Å². The van der Waals surface area contributed by atoms with Gasteiger partial charge < -0.3 is 9.47 Å². The van der Waals surface area contributed by atoms with Crippen molar-refractivity contribution in [3.05, 3.63) is 59.9 Å². The van der Waals surface area contributed by atoms with E-state index >= 15 is 0 Å². The van der Waals surface area contributed by atoms with Crippen LogP contribution in [-0.2, 0) is 17.7 Å². The fourth-order valence-corrected chi connectivity index (χ4v) is 3.73. The van der Waals surface area contributed by atoms with Crippen LogP contribution in [0.4, 0.5) is 4.79 Å². The molecule has 6 heteroatoms. The molecule has 2 aromatic rings. The Morgan fingerprint density at radius 2 is 2.04 bits per heavy atom. The Morgan fingerprint density at radius 3 is 2.77 bits per heavy atom. The van der Waals surface area contributed by atoms with Crippen LogP contribution in [0, 0.1) is 0 Å². The molecule has 0 spiro atoms. The van der Waals surface area contributed by atoms with E-state index in [1.807, 2.05) is 53.6 Å². The van der Waals surface area contributed by atoms with Crippen LogP contribution >= 0.6 is 0 Å². The van der Waals surface area contributed by atoms with Gasteiger partial charge >= 0.3 is 6.09 Å². The van der Waals surface area contributed by atoms with E-state index in [-0.39, 0.29) is 18.2 Å². The van der Waals surface area contributed by atoms with E-state index in [4.69, 9.17) is 9.47 Å². The number of carbonyl (C=O) groups excluding carboxylic acids is 1. The van der Waals surface area contributed by atoms with Crippen LogP contribution in [0.15, 0.2) is 48.7 Å². The molecule has 1 aromatic heterocycles. The van der Waals surface area contributed by atoms with Gasteiger partial charge in [-0.25, -0.2) is 4.79 Å². The van der Waals surface area contributed by atoms with Crippen molar-refractivity contribution in [1.82, 2.24) is 14.8 Å². The number of aromatic nitrogens is 1. The van der Waals surface area contributed by atoms with Crippen molar-refractivity contribution in [2.24, 2.45) is 0 Å². The van der Waals surface area contributed by atoms with E-state index in [0.717, 1.165) is 37.5 Å². The fraction of sp³-hybridized carbons (Fsp3) is 0.400. The molecule has 0 N–H and O–H groups in total. The van der Waals surface area contributed by atoms with Crippen molar-refractivity contribution in [2.45, 2.75) is 25.1 Å². The summed E-state index contributed by atoms with van der Waals surface area (Å²) < 4.78 is 10.8. The Hall–Kier alpha value is -2.60. The van der Waals surface area contributed by atoms with Crippen molar-refractivity contribution in [1.29, 1.82) is 0 Å². The maximum atomic E-state index is 12.2. The second-order valence-corrected chi connectivity index (χ2v) is 6.80. The Morgan fingerprint density at radius 1 is 1.19 bits per heavy atom. The van der Waals surface area contributed by atoms with E-state index in [1.165, 1.54) is 5.56 Å². The summed E-state index contributed by atoms with van der Waals surface area (Å²) in [5.74, 6) is 0.843. The molecule has 0 radical (unpaired) electrons. The number of fused-ring (bicyclic) bond motifs is 1. The average Bonchev–Trinajstić information content (AvgIpc) is 3.17. The lowest BCUT2D eigenvalue weighted by atomic mass is 10.1. The molecule has 2 aliphatic rings. The highest BCUT2D eigenvalue weighted by atomic mass is 16.6. The zero-order valence-corrected chi connectivity index (χ0v) is 14.9. The van der Waals surface area contributed by atoms with Crippen LogP contribution in [-0.4, -0.2) is 59.8 Å². The third kappa shape index (κ3) is 3.51. The fourth-order valence-electron chi connectivity index (χ4n) is 3.73. The third-order valence-electron chi connectivity index (χ3n) is 5.11. The molecule has 1 amide bonds. The molecule has 6 nitrogen and oxygen atoms in total. The minimum Gasteiger partial charge on any atom is -0.497 e. The first-order valence-corrected chi connectivity index (χ1v) is 8.95. The van der Waals surface area contributed by atoms with Crippen LogP contribution in [0.2, 0.25) is 0 Å². The number of carbonyl (C=O) groups is 1. The first-order valence-electron chi connectivity index (χ1n) is 8.95. The molecule has 1 aromatic carbocycles. The van der Waals surface area contributed by atoms with Gasteiger partial charge in [-0.2, -0.15) is 0 Å². The lowest BCUT2D eigenvalue weighted by Gasteiger charge is -2.22. The predicted octanol–water partition coefficient (Wildman–Crippen LogP) is 2.34. The summed E-state index contributed by atoms with van der Waals surface area (Å²) in [4.78, 5) is 20.8. The molecule has 0 aliphatic carbocycles. The van der Waals surface area contributed by atoms with Crippen molar-refractivity contribution in [3.8, 4) is 5.75 Å². The summed E-state index contributed by atoms with van der Waals surface area (Å²) in [5.41, 5.74) is 2.23. The predicted molar refractivity (Wildman–Crippen MR) is 97.0 cm³/mol. The molecule has 136 valence electrons. The van der Waals surface area contributed by atoms with Gasteiger partial charge in [-0.1, -0.05) is 18.2 Å². The van der Waals surface area contributed by atoms with Crippen molar-refractivity contribution >= 4 is 6.09 Å². The number of likely N-dealkylation sites (tertiary alicyclic amines) is 1. The van der Waals surface area contributed by atoms with Crippen LogP contribution in [0.3, 0.4) is 0 Å². The second-order valence-electron chi connectivity index (χ2n) is 6.80. The lowest BCUT2D eigenvalue weighted by molar-refractivity contribution is 0.120. The molecule has 0 bridgehead atoms. The van der Waals surface area contributed by atoms with E-state index in [2.05, 4.69) is 9.88 Å². The number of rotatable bonds is 6. The molecule has 2 atom stereocenters. The molecular formula is C20H23N3O3. The summed E-state index contributed by atoms with van der Waals surface area (Å²) in [5, 5.41) is 0. The molecular weight excluding hydrogens is 330 g/mol. The normalized spacial score (nSPS) is 22.3. The number of amides is 1. The second kappa shape index (κ2) is 7.33. The summed E-state index contributed by atoms with van der Waals surface area (Å²) in [6.07, 6.45) is 2.39. The SMILES string of the molecule is COc1ccc(CCN2C(=O)O[C@H]3CN(Cc4ccccn4)C[C@H]32)cc1. The Kier molecular flexibility index (Phi) is 4.75. The standard InChI is InChI=1S/C20H23N3O3/c1-25-17-7-5-15(6-8-17)9-11-23-18-13-22(14-19(18)26-20(23)24)12-16-4-2-3-10-21-16/h2-8,10,18-19H,9,11-14H2,1H3/t18-,19+/m1/s1. The highest BCUT2D eigenvalue weighted by molar-refractivity contribution is 5.71. The summed E-state index contributed by atoms with van der Waals surface area (Å²) in [7, 11) is 1.66. The Balaban J connectivity index is 1.35. The quantitative estimate of drug-likeness (QED) is 0.798. The molecule has 2 aliphatic heterocycles. The molecule has 0 unspecified atom stereocenters. The number of hydrogen-bond acceptors (Lipinski definition) is 5. The number of ether oxygens (including phenoxy) is 2. The summed E-state index contributed by atoms with van der Waals surface area (Å²) in [6, 6.07) is 14.1. The van der Waals surface area contributed by atoms with Crippen LogP contribution in [0.5, 0.6) is 5.75 Å². The van der Waals surface area contributed by atoms with Gasteiger partial charge in [-0.05, 0) is 36.2 Å². The Bertz CT molecular complexity index is 751. The minimum atomic E-state index is -0.189. The van der Waals surface area contributed by atoms with Gasteiger partial charge in [0.15, 0.2) is 0 Å². The minimum absolute atomic E-state index is 0.0397. The Labute approximate surface area is 153 Å². The first-order chi connectivity index (χ1) is 12.7. The zero-order chi connectivity index (χ0) is 17.9. The highest BCUT2D eigenvalue weighted by Gasteiger charge is 2.47. The maximum absolute atomic E-state index is 12.2. The largest absolute Gasteiger partial charge is 0.497 e. The topological polar surface area (TPSA) is 54.9 Å². The van der Waals surface area contributed by atoms with Gasteiger partial charge in [-0.15, -0.1) is 0 Å². The van der Waals surface area contributed by atoms with Gasteiger partial charge in [0, 0.05) is 32.4 Å². The van der Waals surface area contributed by atoms with Crippen LogP contribution in [0.1, 0.15) is 11.3 Å². The molecule has 2 fully saturated rings. The van der Waals surface area contributed by atoms with Crippen LogP contribution < -0.4 is 4.74 Å². The maximum Gasteiger partial charge on any atom is 0.410 e. The molecule has 26 heavy (non-hydrogen) atoms. The van der Waals surface area contributed by atoms with E-state index in [1.54, 1.807) is 7.11 Å². The number of nitrogens with zero attached hydrogens (tertiary/aromatic N) is 3. The summed E-state index contributed by atoms with van der Waals surface area (Å²) in [6.45, 7) is 3.06. The number of pyridine rings is 1. The van der Waals surface area contributed by atoms with E-state index in [9.17, 15) is 4.79 Å². The van der Waals surface area contributed by atoms with Gasteiger partial charge in [0.1, 0.15) is 11.9 Å². The van der Waals surface area contributed by atoms with E-state index < -0.39 is 0 Å². The van der Waals surface area contributed by atoms with Gasteiger partial charge in [0.05, 0.1) is 18.8 Å². The summed E-state index contributed by atoms with van der Waals surface area (Å²) >= 11 is 0. The first kappa shape index (κ1) is 16.8. The number of benzene rings is 1. The molecule has 0 saturated carbocycles. The van der Waals surface area contributed by atoms with Crippen molar-refractivity contribution in [2.75, 3.05) is 26.7 Å². The van der Waals surface area contributed by atoms with E-state index in [0.29, 0.717) is 6.54 Å². The van der Waals surface area contributed by atoms with Crippen LogP contribution in [0.25, 0.3) is 0 Å². The number of methoxy groups -OCH3 is 1. The lowest BCUT2D eigenvalue weighted by Crippen LogP contribution is -2.39. The number of hydrogen-bond donors (Lipinski definition) is 0. The van der Waals surface area contributed by atoms with Crippen molar-refractivity contribution < 1.29 is 14.3 Å². The van der Waals surface area contributed by atoms with Gasteiger partial charge in [-0.3, -0.25) is 14.8 Å². The highest BCUT2D eigenvalue weighted by Crippen LogP contribution is 2.28. The van der Waals surface area contributed by atoms with Gasteiger partial charge in [0.2, 0.25) is 0 Å². The molecule has 2 saturated heterocycles.